The summed E-state index contributed by atoms with van der Waals surface area (Å²) in [6.07, 6.45) is 0.720. The Morgan fingerprint density at radius 1 is 1.17 bits per heavy atom. The van der Waals surface area contributed by atoms with Crippen LogP contribution in [0.5, 0.6) is 0 Å². The molecule has 0 saturated carbocycles. The molecule has 0 aliphatic heterocycles. The fraction of sp³-hybridized carbons (Fsp3) is 0.438. The monoisotopic (exact) mass is 354 g/mol. The Morgan fingerprint density at radius 2 is 1.75 bits per heavy atom. The number of carbonyl (C=O) groups is 1. The molecule has 1 heterocycles. The van der Waals surface area contributed by atoms with E-state index in [0.717, 1.165) is 6.42 Å². The molecule has 1 amide bonds. The van der Waals surface area contributed by atoms with Crippen LogP contribution in [0.25, 0.3) is 11.0 Å². The summed E-state index contributed by atoms with van der Waals surface area (Å²) in [7, 11) is 1.72. The highest BCUT2D eigenvalue weighted by atomic mass is 35.5. The zero-order valence-corrected chi connectivity index (χ0v) is 14.8. The zero-order chi connectivity index (χ0) is 17.1. The number of rotatable bonds is 5. The lowest BCUT2D eigenvalue weighted by atomic mass is 10.0. The lowest BCUT2D eigenvalue weighted by Crippen LogP contribution is -2.34. The van der Waals surface area contributed by atoms with Gasteiger partial charge in [-0.25, -0.2) is 0 Å². The predicted molar refractivity (Wildman–Crippen MR) is 96.8 cm³/mol. The van der Waals surface area contributed by atoms with Crippen LogP contribution in [0.2, 0.25) is 0 Å². The van der Waals surface area contributed by atoms with Crippen molar-refractivity contribution >= 4 is 29.3 Å². The van der Waals surface area contributed by atoms with E-state index >= 15 is 0 Å². The summed E-state index contributed by atoms with van der Waals surface area (Å²) in [4.78, 5) is 41.6. The standard InChI is InChI=1S/C16H22N4O3.ClH/c1-9(2)11(17)6-7-20(3)16(23)10-4-5-12-13(8-10)19-15(22)14(21)18-12;/h4-5,8-9,11H,6-7,17H2,1-3H3,(H,18,21)(H,19,22);1H. The molecule has 8 heteroatoms. The molecule has 24 heavy (non-hydrogen) atoms. The summed E-state index contributed by atoms with van der Waals surface area (Å²) in [5.41, 5.74) is 5.90. The van der Waals surface area contributed by atoms with Crippen molar-refractivity contribution in [2.45, 2.75) is 26.3 Å². The molecule has 1 atom stereocenters. The number of nitrogens with two attached hydrogens (primary N) is 1. The average Bonchev–Trinajstić information content (AvgIpc) is 2.52. The maximum Gasteiger partial charge on any atom is 0.314 e. The van der Waals surface area contributed by atoms with Crippen LogP contribution in [0.3, 0.4) is 0 Å². The van der Waals surface area contributed by atoms with E-state index in [4.69, 9.17) is 5.73 Å². The van der Waals surface area contributed by atoms with E-state index in [2.05, 4.69) is 9.97 Å². The third-order valence-electron chi connectivity index (χ3n) is 3.97. The Bertz CT molecular complexity index is 828. The zero-order valence-electron chi connectivity index (χ0n) is 14.0. The Kier molecular flexibility index (Phi) is 6.74. The number of nitrogens with zero attached hydrogens (tertiary/aromatic N) is 1. The average molecular weight is 355 g/mol. The van der Waals surface area contributed by atoms with Crippen LogP contribution in [-0.2, 0) is 0 Å². The molecule has 7 nitrogen and oxygen atoms in total. The van der Waals surface area contributed by atoms with Crippen molar-refractivity contribution in [2.24, 2.45) is 11.7 Å². The number of aromatic amines is 2. The molecule has 1 aromatic heterocycles. The molecule has 2 aromatic rings. The molecule has 0 bridgehead atoms. The number of fused-ring (bicyclic) bond motifs is 1. The highest BCUT2D eigenvalue weighted by molar-refractivity contribution is 5.97. The van der Waals surface area contributed by atoms with Gasteiger partial charge >= 0.3 is 11.1 Å². The second kappa shape index (κ2) is 8.12. The van der Waals surface area contributed by atoms with Crippen LogP contribution in [0, 0.1) is 5.92 Å². The van der Waals surface area contributed by atoms with Crippen molar-refractivity contribution < 1.29 is 4.79 Å². The summed E-state index contributed by atoms with van der Waals surface area (Å²) in [5, 5.41) is 0. The first kappa shape index (κ1) is 19.9. The lowest BCUT2D eigenvalue weighted by Gasteiger charge is -2.21. The summed E-state index contributed by atoms with van der Waals surface area (Å²) in [6.45, 7) is 4.65. The molecular weight excluding hydrogens is 332 g/mol. The largest absolute Gasteiger partial charge is 0.342 e. The van der Waals surface area contributed by atoms with Crippen LogP contribution in [-0.4, -0.2) is 40.4 Å². The summed E-state index contributed by atoms with van der Waals surface area (Å²) >= 11 is 0. The molecule has 0 aliphatic carbocycles. The lowest BCUT2D eigenvalue weighted by molar-refractivity contribution is 0.0789. The first-order valence-electron chi connectivity index (χ1n) is 7.57. The minimum absolute atomic E-state index is 0. The normalized spacial score (nSPS) is 12.0. The van der Waals surface area contributed by atoms with Gasteiger partial charge in [-0.1, -0.05) is 13.8 Å². The highest BCUT2D eigenvalue weighted by Gasteiger charge is 2.15. The molecule has 132 valence electrons. The number of amides is 1. The maximum atomic E-state index is 12.4. The van der Waals surface area contributed by atoms with Gasteiger partial charge in [0.25, 0.3) is 5.91 Å². The number of hydrogen-bond acceptors (Lipinski definition) is 4. The Balaban J connectivity index is 0.00000288. The quantitative estimate of drug-likeness (QED) is 0.697. The fourth-order valence-electron chi connectivity index (χ4n) is 2.25. The number of H-pyrrole nitrogens is 2. The van der Waals surface area contributed by atoms with Crippen molar-refractivity contribution in [3.8, 4) is 0 Å². The number of nitrogens with one attached hydrogen (secondary N) is 2. The number of carbonyl (C=O) groups excluding carboxylic acids is 1. The van der Waals surface area contributed by atoms with Gasteiger partial charge in [0, 0.05) is 25.2 Å². The van der Waals surface area contributed by atoms with Gasteiger partial charge in [0.1, 0.15) is 0 Å². The molecule has 0 radical (unpaired) electrons. The van der Waals surface area contributed by atoms with Crippen LogP contribution in [0.1, 0.15) is 30.6 Å². The van der Waals surface area contributed by atoms with E-state index in [0.29, 0.717) is 29.1 Å². The van der Waals surface area contributed by atoms with Gasteiger partial charge in [0.2, 0.25) is 0 Å². The van der Waals surface area contributed by atoms with Crippen LogP contribution >= 0.6 is 12.4 Å². The van der Waals surface area contributed by atoms with Crippen LogP contribution in [0.4, 0.5) is 0 Å². The molecule has 1 aromatic carbocycles. The minimum Gasteiger partial charge on any atom is -0.342 e. The van der Waals surface area contributed by atoms with Crippen molar-refractivity contribution in [1.82, 2.24) is 14.9 Å². The summed E-state index contributed by atoms with van der Waals surface area (Å²) in [6, 6.07) is 4.84. The molecule has 4 N–H and O–H groups in total. The molecule has 0 fully saturated rings. The van der Waals surface area contributed by atoms with Crippen LogP contribution in [0.15, 0.2) is 27.8 Å². The van der Waals surface area contributed by atoms with Crippen molar-refractivity contribution in [3.63, 3.8) is 0 Å². The number of benzene rings is 1. The minimum atomic E-state index is -0.738. The highest BCUT2D eigenvalue weighted by Crippen LogP contribution is 2.12. The van der Waals surface area contributed by atoms with Gasteiger partial charge in [-0.2, -0.15) is 0 Å². The van der Waals surface area contributed by atoms with Crippen molar-refractivity contribution in [3.05, 3.63) is 44.5 Å². The van der Waals surface area contributed by atoms with Gasteiger partial charge in [0.15, 0.2) is 0 Å². The van der Waals surface area contributed by atoms with E-state index in [-0.39, 0.29) is 24.4 Å². The molecule has 0 spiro atoms. The summed E-state index contributed by atoms with van der Waals surface area (Å²) < 4.78 is 0. The molecule has 2 rings (SSSR count). The molecular formula is C16H23ClN4O3. The smallest absolute Gasteiger partial charge is 0.314 e. The first-order valence-corrected chi connectivity index (χ1v) is 7.57. The SMILES string of the molecule is CC(C)C(N)CCN(C)C(=O)c1ccc2[nH]c(=O)c(=O)[nH]c2c1.Cl. The van der Waals surface area contributed by atoms with E-state index < -0.39 is 11.1 Å². The van der Waals surface area contributed by atoms with Gasteiger partial charge in [0.05, 0.1) is 11.0 Å². The maximum absolute atomic E-state index is 12.4. The number of hydrogen-bond donors (Lipinski definition) is 3. The van der Waals surface area contributed by atoms with Crippen molar-refractivity contribution in [1.29, 1.82) is 0 Å². The Morgan fingerprint density at radius 3 is 2.33 bits per heavy atom. The Hall–Kier alpha value is -2.12. The van der Waals surface area contributed by atoms with Crippen molar-refractivity contribution in [2.75, 3.05) is 13.6 Å². The van der Waals surface area contributed by atoms with Gasteiger partial charge < -0.3 is 20.6 Å². The number of halogens is 1. The summed E-state index contributed by atoms with van der Waals surface area (Å²) in [5.74, 6) is 0.205. The van der Waals surface area contributed by atoms with E-state index in [9.17, 15) is 14.4 Å². The second-order valence-corrected chi connectivity index (χ2v) is 6.09. The molecule has 1 unspecified atom stereocenters. The fourth-order valence-corrected chi connectivity index (χ4v) is 2.25. The Labute approximate surface area is 145 Å². The van der Waals surface area contributed by atoms with E-state index in [1.165, 1.54) is 0 Å². The van der Waals surface area contributed by atoms with Gasteiger partial charge in [-0.15, -0.1) is 12.4 Å². The first-order chi connectivity index (χ1) is 10.8. The van der Waals surface area contributed by atoms with Crippen LogP contribution < -0.4 is 16.9 Å². The van der Waals surface area contributed by atoms with Gasteiger partial charge in [-0.3, -0.25) is 14.4 Å². The number of aromatic nitrogens is 2. The topological polar surface area (TPSA) is 112 Å². The van der Waals surface area contributed by atoms with E-state index in [1.807, 2.05) is 13.8 Å². The molecule has 0 aliphatic rings. The molecule has 0 saturated heterocycles. The third-order valence-corrected chi connectivity index (χ3v) is 3.97. The predicted octanol–water partition coefficient (Wildman–Crippen LogP) is 1.08. The van der Waals surface area contributed by atoms with Gasteiger partial charge in [-0.05, 0) is 30.5 Å². The third kappa shape index (κ3) is 4.46. The second-order valence-electron chi connectivity index (χ2n) is 6.09. The van der Waals surface area contributed by atoms with E-state index in [1.54, 1.807) is 30.1 Å².